The summed E-state index contributed by atoms with van der Waals surface area (Å²) in [6.45, 7) is 6.39. The Labute approximate surface area is 133 Å². The summed E-state index contributed by atoms with van der Waals surface area (Å²) in [6, 6.07) is 0.0532. The predicted octanol–water partition coefficient (Wildman–Crippen LogP) is 2.03. The molecular weight excluding hydrogens is 334 g/mol. The standard InChI is InChI=1S/C14H22BrN5O/c1-5-16-13(11-8-17-19(3)10(11)2)14-12(15)9-18-20(14)6-7-21-4/h8-9,13,16H,5-7H2,1-4H3. The first-order chi connectivity index (χ1) is 10.1. The molecule has 0 spiro atoms. The predicted molar refractivity (Wildman–Crippen MR) is 85.3 cm³/mol. The van der Waals surface area contributed by atoms with Crippen LogP contribution >= 0.6 is 15.9 Å². The number of methoxy groups -OCH3 is 1. The highest BCUT2D eigenvalue weighted by molar-refractivity contribution is 9.10. The third-order valence-corrected chi connectivity index (χ3v) is 4.22. The number of hydrogen-bond acceptors (Lipinski definition) is 4. The molecule has 2 rings (SSSR count). The van der Waals surface area contributed by atoms with E-state index < -0.39 is 0 Å². The molecule has 0 bridgehead atoms. The molecule has 1 unspecified atom stereocenters. The summed E-state index contributed by atoms with van der Waals surface area (Å²) in [5, 5.41) is 12.3. The number of ether oxygens (including phenoxy) is 1. The monoisotopic (exact) mass is 355 g/mol. The van der Waals surface area contributed by atoms with Gasteiger partial charge in [0.2, 0.25) is 0 Å². The molecule has 21 heavy (non-hydrogen) atoms. The topological polar surface area (TPSA) is 56.9 Å². The maximum absolute atomic E-state index is 5.17. The third-order valence-electron chi connectivity index (χ3n) is 3.61. The minimum absolute atomic E-state index is 0.0532. The van der Waals surface area contributed by atoms with Crippen LogP contribution in [-0.2, 0) is 18.3 Å². The van der Waals surface area contributed by atoms with Crippen LogP contribution in [0.1, 0.15) is 29.9 Å². The molecule has 2 aromatic heterocycles. The van der Waals surface area contributed by atoms with E-state index in [1.165, 1.54) is 5.56 Å². The molecule has 0 radical (unpaired) electrons. The number of aromatic nitrogens is 4. The van der Waals surface area contributed by atoms with Gasteiger partial charge in [0.15, 0.2) is 0 Å². The molecule has 7 heteroatoms. The molecule has 0 amide bonds. The van der Waals surface area contributed by atoms with Gasteiger partial charge < -0.3 is 10.1 Å². The van der Waals surface area contributed by atoms with Crippen molar-refractivity contribution in [2.24, 2.45) is 7.05 Å². The normalized spacial score (nSPS) is 12.8. The van der Waals surface area contributed by atoms with Crippen molar-refractivity contribution < 1.29 is 4.74 Å². The van der Waals surface area contributed by atoms with Gasteiger partial charge in [-0.05, 0) is 29.4 Å². The molecule has 0 aliphatic carbocycles. The highest BCUT2D eigenvalue weighted by Gasteiger charge is 2.24. The van der Waals surface area contributed by atoms with Crippen molar-refractivity contribution in [3.05, 3.63) is 33.8 Å². The Kier molecular flexibility index (Phi) is 5.55. The fourth-order valence-corrected chi connectivity index (χ4v) is 2.90. The summed E-state index contributed by atoms with van der Waals surface area (Å²) in [5.74, 6) is 0. The summed E-state index contributed by atoms with van der Waals surface area (Å²) in [6.07, 6.45) is 3.75. The van der Waals surface area contributed by atoms with Crippen LogP contribution in [-0.4, -0.2) is 39.8 Å². The van der Waals surface area contributed by atoms with Gasteiger partial charge >= 0.3 is 0 Å². The van der Waals surface area contributed by atoms with Gasteiger partial charge in [0.25, 0.3) is 0 Å². The lowest BCUT2D eigenvalue weighted by molar-refractivity contribution is 0.182. The second-order valence-electron chi connectivity index (χ2n) is 4.89. The molecule has 0 aromatic carbocycles. The third kappa shape index (κ3) is 3.36. The molecule has 116 valence electrons. The van der Waals surface area contributed by atoms with Gasteiger partial charge in [-0.25, -0.2) is 0 Å². The van der Waals surface area contributed by atoms with Crippen molar-refractivity contribution in [3.8, 4) is 0 Å². The second kappa shape index (κ2) is 7.20. The second-order valence-corrected chi connectivity index (χ2v) is 5.75. The minimum Gasteiger partial charge on any atom is -0.383 e. The number of hydrogen-bond donors (Lipinski definition) is 1. The van der Waals surface area contributed by atoms with Crippen molar-refractivity contribution in [1.82, 2.24) is 24.9 Å². The van der Waals surface area contributed by atoms with Crippen molar-refractivity contribution in [1.29, 1.82) is 0 Å². The van der Waals surface area contributed by atoms with E-state index in [9.17, 15) is 0 Å². The Morgan fingerprint density at radius 1 is 1.38 bits per heavy atom. The first-order valence-corrected chi connectivity index (χ1v) is 7.81. The lowest BCUT2D eigenvalue weighted by atomic mass is 10.0. The number of nitrogens with zero attached hydrogens (tertiary/aromatic N) is 4. The molecule has 6 nitrogen and oxygen atoms in total. The molecule has 1 N–H and O–H groups in total. The van der Waals surface area contributed by atoms with Crippen molar-refractivity contribution in [2.45, 2.75) is 26.4 Å². The van der Waals surface area contributed by atoms with E-state index in [1.54, 1.807) is 7.11 Å². The maximum Gasteiger partial charge on any atom is 0.0793 e. The smallest absolute Gasteiger partial charge is 0.0793 e. The van der Waals surface area contributed by atoms with Crippen molar-refractivity contribution >= 4 is 15.9 Å². The van der Waals surface area contributed by atoms with Crippen LogP contribution in [0.3, 0.4) is 0 Å². The number of aryl methyl sites for hydroxylation is 1. The first-order valence-electron chi connectivity index (χ1n) is 7.02. The fraction of sp³-hybridized carbons (Fsp3) is 0.571. The average Bonchev–Trinajstić information content (AvgIpc) is 2.99. The lowest BCUT2D eigenvalue weighted by Gasteiger charge is -2.20. The van der Waals surface area contributed by atoms with Crippen LogP contribution in [0.2, 0.25) is 0 Å². The van der Waals surface area contributed by atoms with E-state index in [-0.39, 0.29) is 6.04 Å². The van der Waals surface area contributed by atoms with Gasteiger partial charge in [-0.1, -0.05) is 6.92 Å². The summed E-state index contributed by atoms with van der Waals surface area (Å²) in [4.78, 5) is 0. The van der Waals surface area contributed by atoms with Crippen LogP contribution in [0, 0.1) is 6.92 Å². The highest BCUT2D eigenvalue weighted by Crippen LogP contribution is 2.30. The minimum atomic E-state index is 0.0532. The number of halogens is 1. The average molecular weight is 356 g/mol. The Morgan fingerprint density at radius 2 is 2.14 bits per heavy atom. The molecule has 2 heterocycles. The van der Waals surface area contributed by atoms with E-state index >= 15 is 0 Å². The van der Waals surface area contributed by atoms with Crippen LogP contribution in [0.4, 0.5) is 0 Å². The van der Waals surface area contributed by atoms with E-state index in [2.05, 4.69) is 45.3 Å². The van der Waals surface area contributed by atoms with Crippen LogP contribution in [0.15, 0.2) is 16.9 Å². The fourth-order valence-electron chi connectivity index (χ4n) is 2.37. The summed E-state index contributed by atoms with van der Waals surface area (Å²) < 4.78 is 10.0. The number of rotatable bonds is 7. The van der Waals surface area contributed by atoms with Gasteiger partial charge in [0, 0.05) is 25.4 Å². The van der Waals surface area contributed by atoms with Crippen LogP contribution in [0.5, 0.6) is 0 Å². The van der Waals surface area contributed by atoms with Gasteiger partial charge in [-0.3, -0.25) is 9.36 Å². The van der Waals surface area contributed by atoms with E-state index in [1.807, 2.05) is 28.8 Å². The molecule has 0 saturated carbocycles. The molecule has 0 saturated heterocycles. The Morgan fingerprint density at radius 3 is 2.71 bits per heavy atom. The highest BCUT2D eigenvalue weighted by atomic mass is 79.9. The van der Waals surface area contributed by atoms with Crippen molar-refractivity contribution in [2.75, 3.05) is 20.3 Å². The maximum atomic E-state index is 5.17. The van der Waals surface area contributed by atoms with E-state index in [0.717, 1.165) is 29.0 Å². The van der Waals surface area contributed by atoms with Crippen LogP contribution < -0.4 is 5.32 Å². The van der Waals surface area contributed by atoms with E-state index in [4.69, 9.17) is 4.74 Å². The van der Waals surface area contributed by atoms with Crippen molar-refractivity contribution in [3.63, 3.8) is 0 Å². The van der Waals surface area contributed by atoms with Gasteiger partial charge in [-0.2, -0.15) is 10.2 Å². The quantitative estimate of drug-likeness (QED) is 0.825. The molecule has 2 aromatic rings. The zero-order valence-electron chi connectivity index (χ0n) is 12.9. The Bertz CT molecular complexity index is 592. The lowest BCUT2D eigenvalue weighted by Crippen LogP contribution is -2.26. The Balaban J connectivity index is 2.43. The van der Waals surface area contributed by atoms with Gasteiger partial charge in [0.05, 0.1) is 41.8 Å². The zero-order valence-corrected chi connectivity index (χ0v) is 14.5. The van der Waals surface area contributed by atoms with Crippen LogP contribution in [0.25, 0.3) is 0 Å². The molecule has 0 aliphatic heterocycles. The molecule has 1 atom stereocenters. The van der Waals surface area contributed by atoms with E-state index in [0.29, 0.717) is 6.61 Å². The van der Waals surface area contributed by atoms with Gasteiger partial charge in [-0.15, -0.1) is 0 Å². The summed E-state index contributed by atoms with van der Waals surface area (Å²) in [7, 11) is 3.66. The first kappa shape index (κ1) is 16.2. The number of nitrogens with one attached hydrogen (secondary N) is 1. The summed E-state index contributed by atoms with van der Waals surface area (Å²) >= 11 is 3.62. The zero-order chi connectivity index (χ0) is 15.4. The Hall–Kier alpha value is -1.18. The van der Waals surface area contributed by atoms with Gasteiger partial charge in [0.1, 0.15) is 0 Å². The molecule has 0 fully saturated rings. The summed E-state index contributed by atoms with van der Waals surface area (Å²) in [5.41, 5.74) is 3.41. The molecule has 0 aliphatic rings. The SMILES string of the molecule is CCNC(c1cnn(C)c1C)c1c(Br)cnn1CCOC. The largest absolute Gasteiger partial charge is 0.383 e. The molecular formula is C14H22BrN5O.